The van der Waals surface area contributed by atoms with Crippen LogP contribution in [0, 0.1) is 0 Å². The predicted octanol–water partition coefficient (Wildman–Crippen LogP) is 2.04. The van der Waals surface area contributed by atoms with E-state index in [0.717, 1.165) is 43.8 Å². The third-order valence-electron chi connectivity index (χ3n) is 3.95. The first-order valence-corrected chi connectivity index (χ1v) is 6.99. The van der Waals surface area contributed by atoms with Crippen molar-refractivity contribution in [1.29, 1.82) is 0 Å². The van der Waals surface area contributed by atoms with Crippen LogP contribution >= 0.6 is 0 Å². The van der Waals surface area contributed by atoms with Gasteiger partial charge in [-0.05, 0) is 37.9 Å². The topological polar surface area (TPSA) is 41.6 Å². The number of carbonyl (C=O) groups is 1. The van der Waals surface area contributed by atoms with Crippen LogP contribution in [0.2, 0.25) is 0 Å². The van der Waals surface area contributed by atoms with Crippen molar-refractivity contribution in [3.63, 3.8) is 0 Å². The minimum absolute atomic E-state index is 0.101. The largest absolute Gasteiger partial charge is 0.490 e. The highest BCUT2D eigenvalue weighted by Crippen LogP contribution is 2.28. The van der Waals surface area contributed by atoms with E-state index in [1.807, 2.05) is 12.1 Å². The summed E-state index contributed by atoms with van der Waals surface area (Å²) in [4.78, 5) is 13.7. The van der Waals surface area contributed by atoms with Gasteiger partial charge in [0.15, 0.2) is 0 Å². The van der Waals surface area contributed by atoms with Gasteiger partial charge in [-0.1, -0.05) is 6.07 Å². The van der Waals surface area contributed by atoms with Gasteiger partial charge in [0.2, 0.25) is 5.91 Å². The highest BCUT2D eigenvalue weighted by atomic mass is 16.5. The summed E-state index contributed by atoms with van der Waals surface area (Å²) >= 11 is 0. The molecule has 102 valence electrons. The Morgan fingerprint density at radius 3 is 2.84 bits per heavy atom. The van der Waals surface area contributed by atoms with Gasteiger partial charge in [0.05, 0.1) is 0 Å². The van der Waals surface area contributed by atoms with E-state index in [9.17, 15) is 4.79 Å². The van der Waals surface area contributed by atoms with Crippen LogP contribution in [0.15, 0.2) is 18.2 Å². The molecule has 1 fully saturated rings. The number of amides is 1. The number of fused-ring (bicyclic) bond motifs is 1. The van der Waals surface area contributed by atoms with Crippen molar-refractivity contribution in [3.8, 4) is 5.75 Å². The summed E-state index contributed by atoms with van der Waals surface area (Å²) in [6, 6.07) is 6.05. The van der Waals surface area contributed by atoms with Crippen molar-refractivity contribution in [3.05, 3.63) is 23.8 Å². The van der Waals surface area contributed by atoms with Crippen LogP contribution in [-0.4, -0.2) is 37.0 Å². The Labute approximate surface area is 113 Å². The van der Waals surface area contributed by atoms with Crippen LogP contribution < -0.4 is 10.1 Å². The van der Waals surface area contributed by atoms with E-state index in [1.54, 1.807) is 0 Å². The predicted molar refractivity (Wildman–Crippen MR) is 74.5 cm³/mol. The second kappa shape index (κ2) is 5.21. The van der Waals surface area contributed by atoms with Crippen LogP contribution in [0.25, 0.3) is 0 Å². The maximum Gasteiger partial charge on any atom is 0.224 e. The van der Waals surface area contributed by atoms with Crippen molar-refractivity contribution in [2.24, 2.45) is 0 Å². The zero-order chi connectivity index (χ0) is 13.2. The number of nitrogens with one attached hydrogen (secondary N) is 1. The highest BCUT2D eigenvalue weighted by molar-refractivity contribution is 5.94. The summed E-state index contributed by atoms with van der Waals surface area (Å²) in [5, 5.41) is 2.92. The molecule has 4 nitrogen and oxygen atoms in total. The number of hydrogen-bond acceptors (Lipinski definition) is 3. The quantitative estimate of drug-likeness (QED) is 0.885. The fraction of sp³-hybridized carbons (Fsp3) is 0.533. The van der Waals surface area contributed by atoms with Crippen molar-refractivity contribution < 1.29 is 9.53 Å². The van der Waals surface area contributed by atoms with Gasteiger partial charge in [0, 0.05) is 31.3 Å². The summed E-state index contributed by atoms with van der Waals surface area (Å²) in [5.74, 6) is 0.972. The lowest BCUT2D eigenvalue weighted by molar-refractivity contribution is -0.116. The van der Waals surface area contributed by atoms with E-state index in [0.29, 0.717) is 12.5 Å². The summed E-state index contributed by atoms with van der Waals surface area (Å²) in [7, 11) is 2.14. The van der Waals surface area contributed by atoms with E-state index in [2.05, 4.69) is 23.3 Å². The van der Waals surface area contributed by atoms with Crippen molar-refractivity contribution in [2.45, 2.75) is 31.8 Å². The Balaban J connectivity index is 1.68. The highest BCUT2D eigenvalue weighted by Gasteiger charge is 2.19. The minimum Gasteiger partial charge on any atom is -0.490 e. The smallest absolute Gasteiger partial charge is 0.224 e. The molecule has 3 rings (SSSR count). The molecular formula is C15H20N2O2. The zero-order valence-corrected chi connectivity index (χ0v) is 11.3. The van der Waals surface area contributed by atoms with Gasteiger partial charge in [-0.2, -0.15) is 0 Å². The van der Waals surface area contributed by atoms with Crippen LogP contribution in [0.5, 0.6) is 5.75 Å². The number of hydrogen-bond donors (Lipinski definition) is 1. The van der Waals surface area contributed by atoms with Crippen molar-refractivity contribution in [2.75, 3.05) is 25.5 Å². The number of likely N-dealkylation sites (tertiary alicyclic amines) is 1. The monoisotopic (exact) mass is 260 g/mol. The molecule has 1 saturated heterocycles. The summed E-state index contributed by atoms with van der Waals surface area (Å²) in [6.07, 6.45) is 3.85. The van der Waals surface area contributed by atoms with E-state index >= 15 is 0 Å². The van der Waals surface area contributed by atoms with E-state index < -0.39 is 0 Å². The molecule has 0 bridgehead atoms. The first kappa shape index (κ1) is 12.5. The van der Waals surface area contributed by atoms with Crippen LogP contribution in [0.3, 0.4) is 0 Å². The summed E-state index contributed by atoms with van der Waals surface area (Å²) < 4.78 is 6.03. The van der Waals surface area contributed by atoms with Gasteiger partial charge in [-0.15, -0.1) is 0 Å². The first-order chi connectivity index (χ1) is 9.20. The van der Waals surface area contributed by atoms with E-state index in [1.165, 1.54) is 5.56 Å². The zero-order valence-electron chi connectivity index (χ0n) is 11.3. The molecule has 1 amide bonds. The lowest BCUT2D eigenvalue weighted by Gasteiger charge is -2.29. The number of rotatable bonds is 2. The summed E-state index contributed by atoms with van der Waals surface area (Å²) in [5.41, 5.74) is 2.12. The minimum atomic E-state index is 0.101. The molecule has 0 atom stereocenters. The van der Waals surface area contributed by atoms with Gasteiger partial charge in [-0.3, -0.25) is 4.79 Å². The molecule has 0 unspecified atom stereocenters. The lowest BCUT2D eigenvalue weighted by Crippen LogP contribution is -2.35. The molecule has 1 aromatic rings. The number of aryl methyl sites for hydroxylation is 1. The fourth-order valence-corrected chi connectivity index (χ4v) is 2.72. The second-order valence-electron chi connectivity index (χ2n) is 5.49. The van der Waals surface area contributed by atoms with Crippen LogP contribution in [0.1, 0.15) is 24.8 Å². The number of anilines is 1. The third kappa shape index (κ3) is 2.89. The van der Waals surface area contributed by atoms with Gasteiger partial charge in [-0.25, -0.2) is 0 Å². The maximum absolute atomic E-state index is 11.4. The normalized spacial score (nSPS) is 20.8. The fourth-order valence-electron chi connectivity index (χ4n) is 2.72. The van der Waals surface area contributed by atoms with Crippen molar-refractivity contribution >= 4 is 11.6 Å². The van der Waals surface area contributed by atoms with E-state index in [-0.39, 0.29) is 5.91 Å². The number of piperidine rings is 1. The van der Waals surface area contributed by atoms with Gasteiger partial charge in [0.1, 0.15) is 11.9 Å². The van der Waals surface area contributed by atoms with E-state index in [4.69, 9.17) is 4.74 Å². The Kier molecular flexibility index (Phi) is 3.42. The molecule has 0 aromatic heterocycles. The molecule has 2 aliphatic rings. The second-order valence-corrected chi connectivity index (χ2v) is 5.49. The molecule has 2 heterocycles. The molecule has 19 heavy (non-hydrogen) atoms. The van der Waals surface area contributed by atoms with Crippen molar-refractivity contribution in [1.82, 2.24) is 4.90 Å². The number of nitrogens with zero attached hydrogens (tertiary/aromatic N) is 1. The molecule has 0 radical (unpaired) electrons. The maximum atomic E-state index is 11.4. The third-order valence-corrected chi connectivity index (χ3v) is 3.95. The Hall–Kier alpha value is -1.55. The van der Waals surface area contributed by atoms with Gasteiger partial charge < -0.3 is 15.0 Å². The Morgan fingerprint density at radius 2 is 2.05 bits per heavy atom. The molecular weight excluding hydrogens is 240 g/mol. The Bertz CT molecular complexity index is 479. The Morgan fingerprint density at radius 1 is 1.26 bits per heavy atom. The molecule has 0 saturated carbocycles. The molecule has 1 N–H and O–H groups in total. The molecule has 1 aromatic carbocycles. The molecule has 4 heteroatoms. The molecule has 2 aliphatic heterocycles. The SMILES string of the molecule is CN1CCC(Oc2ccc3c(c2)NC(=O)CC3)CC1. The van der Waals surface area contributed by atoms with Crippen LogP contribution in [-0.2, 0) is 11.2 Å². The molecule has 0 spiro atoms. The first-order valence-electron chi connectivity index (χ1n) is 6.99. The van der Waals surface area contributed by atoms with Gasteiger partial charge >= 0.3 is 0 Å². The summed E-state index contributed by atoms with van der Waals surface area (Å²) in [6.45, 7) is 2.18. The lowest BCUT2D eigenvalue weighted by atomic mass is 10.0. The molecule has 0 aliphatic carbocycles. The number of carbonyl (C=O) groups excluding carboxylic acids is 1. The van der Waals surface area contributed by atoms with Crippen LogP contribution in [0.4, 0.5) is 5.69 Å². The standard InChI is InChI=1S/C15H20N2O2/c1-17-8-6-12(7-9-17)19-13-4-2-11-3-5-15(18)16-14(11)10-13/h2,4,10,12H,3,5-9H2,1H3,(H,16,18). The average Bonchev–Trinajstić information content (AvgIpc) is 2.41. The number of ether oxygens (including phenoxy) is 1. The number of benzene rings is 1. The average molecular weight is 260 g/mol. The van der Waals surface area contributed by atoms with Gasteiger partial charge in [0.25, 0.3) is 0 Å².